The lowest BCUT2D eigenvalue weighted by molar-refractivity contribution is 0.180. The van der Waals surface area contributed by atoms with Crippen LogP contribution in [0.15, 0.2) is 53.0 Å². The van der Waals surface area contributed by atoms with E-state index in [0.29, 0.717) is 0 Å². The van der Waals surface area contributed by atoms with Crippen LogP contribution in [0.2, 0.25) is 0 Å². The average molecular weight is 320 g/mol. The molecule has 19 heavy (non-hydrogen) atoms. The minimum Gasteiger partial charge on any atom is -0.484 e. The lowest BCUT2D eigenvalue weighted by atomic mass is 10.0. The van der Waals surface area contributed by atoms with Crippen LogP contribution in [0.3, 0.4) is 0 Å². The molecule has 0 aromatic heterocycles. The van der Waals surface area contributed by atoms with Gasteiger partial charge in [0.15, 0.2) is 0 Å². The molecule has 0 spiro atoms. The topological polar surface area (TPSA) is 35.2 Å². The molecule has 0 bridgehead atoms. The smallest absolute Gasteiger partial charge is 0.138 e. The molecule has 0 aliphatic heterocycles. The normalized spacial score (nSPS) is 13.9. The molecule has 0 saturated carbocycles. The third-order valence-electron chi connectivity index (χ3n) is 2.96. The van der Waals surface area contributed by atoms with E-state index in [-0.39, 0.29) is 12.1 Å². The van der Waals surface area contributed by atoms with Crippen LogP contribution in [-0.2, 0) is 0 Å². The highest BCUT2D eigenvalue weighted by molar-refractivity contribution is 9.10. The van der Waals surface area contributed by atoms with E-state index in [2.05, 4.69) is 22.9 Å². The van der Waals surface area contributed by atoms with Crippen molar-refractivity contribution in [3.63, 3.8) is 0 Å². The van der Waals surface area contributed by atoms with Gasteiger partial charge in [-0.3, -0.25) is 0 Å². The van der Waals surface area contributed by atoms with Crippen LogP contribution < -0.4 is 10.5 Å². The molecular weight excluding hydrogens is 302 g/mol. The van der Waals surface area contributed by atoms with E-state index >= 15 is 0 Å². The zero-order chi connectivity index (χ0) is 13.8. The first-order valence-electron chi connectivity index (χ1n) is 6.30. The van der Waals surface area contributed by atoms with Gasteiger partial charge in [-0.15, -0.1) is 0 Å². The number of nitrogens with two attached hydrogens (primary N) is 1. The summed E-state index contributed by atoms with van der Waals surface area (Å²) in [6.07, 6.45) is -0.143. The van der Waals surface area contributed by atoms with E-state index in [4.69, 9.17) is 10.5 Å². The summed E-state index contributed by atoms with van der Waals surface area (Å²) < 4.78 is 7.07. The molecule has 2 nitrogen and oxygen atoms in total. The standard InChI is InChI=1S/C16H18BrNO/c1-11-3-9-15(10-4-11)19-16(12(2)18)13-5-7-14(17)8-6-13/h3-10,12,16H,18H2,1-2H3. The van der Waals surface area contributed by atoms with Gasteiger partial charge in [-0.1, -0.05) is 45.8 Å². The Bertz CT molecular complexity index is 519. The van der Waals surface area contributed by atoms with E-state index in [1.54, 1.807) is 0 Å². The first kappa shape index (κ1) is 14.1. The monoisotopic (exact) mass is 319 g/mol. The molecule has 2 aromatic carbocycles. The van der Waals surface area contributed by atoms with Gasteiger partial charge >= 0.3 is 0 Å². The predicted molar refractivity (Wildman–Crippen MR) is 82.3 cm³/mol. The van der Waals surface area contributed by atoms with Crippen molar-refractivity contribution >= 4 is 15.9 Å². The SMILES string of the molecule is Cc1ccc(OC(c2ccc(Br)cc2)C(C)N)cc1. The summed E-state index contributed by atoms with van der Waals surface area (Å²) in [6, 6.07) is 16.0. The number of halogens is 1. The molecule has 2 N–H and O–H groups in total. The Morgan fingerprint density at radius 1 is 1.00 bits per heavy atom. The highest BCUT2D eigenvalue weighted by atomic mass is 79.9. The van der Waals surface area contributed by atoms with Gasteiger partial charge in [0.05, 0.1) is 0 Å². The van der Waals surface area contributed by atoms with Crippen molar-refractivity contribution in [2.45, 2.75) is 26.0 Å². The lowest BCUT2D eigenvalue weighted by Gasteiger charge is -2.23. The van der Waals surface area contributed by atoms with Crippen molar-refractivity contribution in [1.29, 1.82) is 0 Å². The van der Waals surface area contributed by atoms with E-state index in [1.165, 1.54) is 5.56 Å². The summed E-state index contributed by atoms with van der Waals surface area (Å²) in [5, 5.41) is 0. The molecule has 0 radical (unpaired) electrons. The van der Waals surface area contributed by atoms with Crippen molar-refractivity contribution in [3.05, 3.63) is 64.1 Å². The Hall–Kier alpha value is -1.32. The van der Waals surface area contributed by atoms with Gasteiger partial charge in [-0.25, -0.2) is 0 Å². The van der Waals surface area contributed by atoms with E-state index in [9.17, 15) is 0 Å². The average Bonchev–Trinajstić information content (AvgIpc) is 2.39. The second-order valence-electron chi connectivity index (χ2n) is 4.76. The number of ether oxygens (including phenoxy) is 1. The molecule has 2 atom stereocenters. The summed E-state index contributed by atoms with van der Waals surface area (Å²) in [7, 11) is 0. The molecule has 0 fully saturated rings. The third-order valence-corrected chi connectivity index (χ3v) is 3.49. The van der Waals surface area contributed by atoms with Crippen LogP contribution in [-0.4, -0.2) is 6.04 Å². The number of aryl methyl sites for hydroxylation is 1. The maximum absolute atomic E-state index is 6.05. The van der Waals surface area contributed by atoms with Crippen molar-refractivity contribution in [2.75, 3.05) is 0 Å². The maximum Gasteiger partial charge on any atom is 0.138 e. The zero-order valence-electron chi connectivity index (χ0n) is 11.1. The predicted octanol–water partition coefficient (Wildman–Crippen LogP) is 4.22. The Morgan fingerprint density at radius 2 is 1.58 bits per heavy atom. The Kier molecular flexibility index (Phi) is 4.61. The van der Waals surface area contributed by atoms with Gasteiger partial charge in [0.1, 0.15) is 11.9 Å². The Balaban J connectivity index is 2.21. The summed E-state index contributed by atoms with van der Waals surface area (Å²) in [5.41, 5.74) is 8.35. The maximum atomic E-state index is 6.05. The fraction of sp³-hybridized carbons (Fsp3) is 0.250. The van der Waals surface area contributed by atoms with Crippen LogP contribution in [0.1, 0.15) is 24.2 Å². The summed E-state index contributed by atoms with van der Waals surface area (Å²) in [5.74, 6) is 0.843. The number of rotatable bonds is 4. The van der Waals surface area contributed by atoms with Crippen LogP contribution >= 0.6 is 15.9 Å². The zero-order valence-corrected chi connectivity index (χ0v) is 12.7. The van der Waals surface area contributed by atoms with Gasteiger partial charge in [0.2, 0.25) is 0 Å². The first-order valence-corrected chi connectivity index (χ1v) is 7.10. The first-order chi connectivity index (χ1) is 9.06. The molecule has 2 aromatic rings. The van der Waals surface area contributed by atoms with Crippen LogP contribution in [0, 0.1) is 6.92 Å². The second kappa shape index (κ2) is 6.22. The molecule has 2 rings (SSSR count). The number of hydrogen-bond donors (Lipinski definition) is 1. The Labute approximate surface area is 122 Å². The van der Waals surface area contributed by atoms with E-state index in [1.807, 2.05) is 55.5 Å². The molecule has 0 amide bonds. The molecule has 3 heteroatoms. The molecule has 0 saturated heterocycles. The number of benzene rings is 2. The lowest BCUT2D eigenvalue weighted by Crippen LogP contribution is -2.29. The van der Waals surface area contributed by atoms with Crippen molar-refractivity contribution in [2.24, 2.45) is 5.73 Å². The van der Waals surface area contributed by atoms with E-state index in [0.717, 1.165) is 15.8 Å². The third kappa shape index (κ3) is 3.82. The quantitative estimate of drug-likeness (QED) is 0.915. The Morgan fingerprint density at radius 3 is 2.11 bits per heavy atom. The summed E-state index contributed by atoms with van der Waals surface area (Å²) >= 11 is 3.43. The van der Waals surface area contributed by atoms with Crippen LogP contribution in [0.4, 0.5) is 0 Å². The molecule has 0 aliphatic carbocycles. The fourth-order valence-electron chi connectivity index (χ4n) is 1.89. The van der Waals surface area contributed by atoms with Crippen molar-refractivity contribution in [1.82, 2.24) is 0 Å². The number of hydrogen-bond acceptors (Lipinski definition) is 2. The minimum atomic E-state index is -0.143. The minimum absolute atomic E-state index is 0.0810. The van der Waals surface area contributed by atoms with Gasteiger partial charge in [0.25, 0.3) is 0 Å². The van der Waals surface area contributed by atoms with Crippen molar-refractivity contribution < 1.29 is 4.74 Å². The second-order valence-corrected chi connectivity index (χ2v) is 5.68. The van der Waals surface area contributed by atoms with E-state index < -0.39 is 0 Å². The van der Waals surface area contributed by atoms with Crippen LogP contribution in [0.25, 0.3) is 0 Å². The van der Waals surface area contributed by atoms with Gasteiger partial charge in [-0.05, 0) is 43.7 Å². The summed E-state index contributed by atoms with van der Waals surface area (Å²) in [4.78, 5) is 0. The van der Waals surface area contributed by atoms with Gasteiger partial charge < -0.3 is 10.5 Å². The molecule has 100 valence electrons. The van der Waals surface area contributed by atoms with Gasteiger partial charge in [-0.2, -0.15) is 0 Å². The van der Waals surface area contributed by atoms with Crippen LogP contribution in [0.5, 0.6) is 5.75 Å². The summed E-state index contributed by atoms with van der Waals surface area (Å²) in [6.45, 7) is 4.02. The largest absolute Gasteiger partial charge is 0.484 e. The molecule has 0 heterocycles. The molecule has 2 unspecified atom stereocenters. The molecular formula is C16H18BrNO. The fourth-order valence-corrected chi connectivity index (χ4v) is 2.16. The highest BCUT2D eigenvalue weighted by Crippen LogP contribution is 2.25. The van der Waals surface area contributed by atoms with Gasteiger partial charge in [0, 0.05) is 10.5 Å². The molecule has 0 aliphatic rings. The van der Waals surface area contributed by atoms with Crippen molar-refractivity contribution in [3.8, 4) is 5.75 Å². The highest BCUT2D eigenvalue weighted by Gasteiger charge is 2.18.